The predicted molar refractivity (Wildman–Crippen MR) is 81.5 cm³/mol. The third kappa shape index (κ3) is 5.26. The highest BCUT2D eigenvalue weighted by molar-refractivity contribution is 5.91. The lowest BCUT2D eigenvalue weighted by Gasteiger charge is -2.18. The van der Waals surface area contributed by atoms with Crippen LogP contribution in [0.25, 0.3) is 0 Å². The quantitative estimate of drug-likeness (QED) is 0.777. The number of nitrogens with zero attached hydrogens (tertiary/aromatic N) is 1. The fourth-order valence-electron chi connectivity index (χ4n) is 1.82. The van der Waals surface area contributed by atoms with Gasteiger partial charge >= 0.3 is 0 Å². The Balaban J connectivity index is 2.46. The second-order valence-corrected chi connectivity index (χ2v) is 4.60. The van der Waals surface area contributed by atoms with E-state index in [2.05, 4.69) is 18.8 Å². The minimum absolute atomic E-state index is 0.0509. The van der Waals surface area contributed by atoms with E-state index < -0.39 is 0 Å². The summed E-state index contributed by atoms with van der Waals surface area (Å²) in [5.41, 5.74) is 2.02. The minimum atomic E-state index is -0.0930. The highest BCUT2D eigenvalue weighted by Crippen LogP contribution is 2.10. The number of carbonyl (C=O) groups excluding carboxylic acids is 2. The Kier molecular flexibility index (Phi) is 6.50. The molecule has 0 fully saturated rings. The van der Waals surface area contributed by atoms with Crippen molar-refractivity contribution in [3.05, 3.63) is 42.5 Å². The van der Waals surface area contributed by atoms with Crippen LogP contribution in [0.15, 0.2) is 36.9 Å². The number of benzene rings is 1. The van der Waals surface area contributed by atoms with Crippen molar-refractivity contribution in [3.63, 3.8) is 0 Å². The molecule has 2 amide bonds. The van der Waals surface area contributed by atoms with Crippen LogP contribution in [0.1, 0.15) is 25.8 Å². The zero-order valence-corrected chi connectivity index (χ0v) is 12.2. The van der Waals surface area contributed by atoms with Gasteiger partial charge in [-0.15, -0.1) is 6.58 Å². The summed E-state index contributed by atoms with van der Waals surface area (Å²) in [4.78, 5) is 24.7. The van der Waals surface area contributed by atoms with E-state index in [4.69, 9.17) is 0 Å². The maximum Gasteiger partial charge on any atom is 0.226 e. The zero-order chi connectivity index (χ0) is 15.0. The average Bonchev–Trinajstić information content (AvgIpc) is 2.44. The summed E-state index contributed by atoms with van der Waals surface area (Å²) in [6.45, 7) is 8.05. The second-order valence-electron chi connectivity index (χ2n) is 4.60. The largest absolute Gasteiger partial charge is 0.339 e. The molecule has 0 bridgehead atoms. The Bertz CT molecular complexity index is 466. The normalized spacial score (nSPS) is 9.90. The Morgan fingerprint density at radius 3 is 2.45 bits per heavy atom. The third-order valence-corrected chi connectivity index (χ3v) is 3.05. The van der Waals surface area contributed by atoms with Gasteiger partial charge in [0.1, 0.15) is 0 Å². The molecule has 1 aromatic rings. The van der Waals surface area contributed by atoms with Crippen LogP contribution in [0, 0.1) is 0 Å². The SMILES string of the molecule is C=CCN(CCC(=O)Nc1ccc(CC)cc1)C(C)=O. The number of carbonyl (C=O) groups is 2. The number of amides is 2. The number of aryl methyl sites for hydroxylation is 1. The molecule has 0 aromatic heterocycles. The topological polar surface area (TPSA) is 49.4 Å². The van der Waals surface area contributed by atoms with E-state index in [-0.39, 0.29) is 18.2 Å². The van der Waals surface area contributed by atoms with E-state index in [1.165, 1.54) is 12.5 Å². The fourth-order valence-corrected chi connectivity index (χ4v) is 1.82. The maximum atomic E-state index is 11.8. The molecule has 0 spiro atoms. The van der Waals surface area contributed by atoms with E-state index >= 15 is 0 Å². The molecule has 0 aliphatic carbocycles. The van der Waals surface area contributed by atoms with Crippen molar-refractivity contribution < 1.29 is 9.59 Å². The minimum Gasteiger partial charge on any atom is -0.339 e. The van der Waals surface area contributed by atoms with Gasteiger partial charge in [0.15, 0.2) is 0 Å². The second kappa shape index (κ2) is 8.15. The molecule has 0 aliphatic rings. The molecule has 0 saturated heterocycles. The molecule has 0 saturated carbocycles. The molecule has 20 heavy (non-hydrogen) atoms. The van der Waals surface area contributed by atoms with Crippen LogP contribution < -0.4 is 5.32 Å². The molecule has 0 atom stereocenters. The molecule has 1 aromatic carbocycles. The van der Waals surface area contributed by atoms with Crippen molar-refractivity contribution in [1.82, 2.24) is 4.90 Å². The summed E-state index contributed by atoms with van der Waals surface area (Å²) < 4.78 is 0. The van der Waals surface area contributed by atoms with Crippen LogP contribution in [0.4, 0.5) is 5.69 Å². The molecule has 0 heterocycles. The first-order valence-corrected chi connectivity index (χ1v) is 6.82. The highest BCUT2D eigenvalue weighted by Gasteiger charge is 2.09. The fraction of sp³-hybridized carbons (Fsp3) is 0.375. The van der Waals surface area contributed by atoms with Crippen molar-refractivity contribution in [2.24, 2.45) is 0 Å². The standard InChI is InChI=1S/C16H22N2O2/c1-4-11-18(13(3)19)12-10-16(20)17-15-8-6-14(5-2)7-9-15/h4,6-9H,1,5,10-12H2,2-3H3,(H,17,20). The first kappa shape index (κ1) is 16.0. The number of hydrogen-bond donors (Lipinski definition) is 1. The van der Waals surface area contributed by atoms with Crippen LogP contribution in [-0.2, 0) is 16.0 Å². The van der Waals surface area contributed by atoms with Gasteiger partial charge in [0, 0.05) is 32.1 Å². The van der Waals surface area contributed by atoms with Gasteiger partial charge < -0.3 is 10.2 Å². The molecular weight excluding hydrogens is 252 g/mol. The Labute approximate surface area is 120 Å². The lowest BCUT2D eigenvalue weighted by atomic mass is 10.1. The summed E-state index contributed by atoms with van der Waals surface area (Å²) >= 11 is 0. The monoisotopic (exact) mass is 274 g/mol. The van der Waals surface area contributed by atoms with E-state index in [0.717, 1.165) is 12.1 Å². The van der Waals surface area contributed by atoms with Gasteiger partial charge in [-0.1, -0.05) is 25.1 Å². The number of nitrogens with one attached hydrogen (secondary N) is 1. The van der Waals surface area contributed by atoms with Crippen molar-refractivity contribution >= 4 is 17.5 Å². The van der Waals surface area contributed by atoms with Gasteiger partial charge in [0.25, 0.3) is 0 Å². The van der Waals surface area contributed by atoms with Crippen LogP contribution in [0.3, 0.4) is 0 Å². The first-order chi connectivity index (χ1) is 9.56. The van der Waals surface area contributed by atoms with Crippen molar-refractivity contribution in [2.45, 2.75) is 26.7 Å². The van der Waals surface area contributed by atoms with Crippen molar-refractivity contribution in [1.29, 1.82) is 0 Å². The molecule has 0 aliphatic heterocycles. The summed E-state index contributed by atoms with van der Waals surface area (Å²) in [5, 5.41) is 2.83. The average molecular weight is 274 g/mol. The third-order valence-electron chi connectivity index (χ3n) is 3.05. The molecule has 4 heteroatoms. The number of anilines is 1. The van der Waals surface area contributed by atoms with Crippen molar-refractivity contribution in [3.8, 4) is 0 Å². The van der Waals surface area contributed by atoms with Gasteiger partial charge in [-0.2, -0.15) is 0 Å². The molecule has 1 rings (SSSR count). The summed E-state index contributed by atoms with van der Waals surface area (Å²) in [6.07, 6.45) is 2.91. The van der Waals surface area contributed by atoms with E-state index in [9.17, 15) is 9.59 Å². The zero-order valence-electron chi connectivity index (χ0n) is 12.2. The van der Waals surface area contributed by atoms with Gasteiger partial charge in [-0.25, -0.2) is 0 Å². The Hall–Kier alpha value is -2.10. The summed E-state index contributed by atoms with van der Waals surface area (Å²) in [6, 6.07) is 7.77. The molecule has 108 valence electrons. The van der Waals surface area contributed by atoms with E-state index in [1.54, 1.807) is 11.0 Å². The van der Waals surface area contributed by atoms with Crippen LogP contribution >= 0.6 is 0 Å². The maximum absolute atomic E-state index is 11.8. The van der Waals surface area contributed by atoms with Crippen LogP contribution in [0.5, 0.6) is 0 Å². The smallest absolute Gasteiger partial charge is 0.226 e. The van der Waals surface area contributed by atoms with Crippen LogP contribution in [0.2, 0.25) is 0 Å². The van der Waals surface area contributed by atoms with Gasteiger partial charge in [-0.3, -0.25) is 9.59 Å². The summed E-state index contributed by atoms with van der Waals surface area (Å²) in [5.74, 6) is -0.144. The highest BCUT2D eigenvalue weighted by atomic mass is 16.2. The molecule has 4 nitrogen and oxygen atoms in total. The Morgan fingerprint density at radius 1 is 1.30 bits per heavy atom. The van der Waals surface area contributed by atoms with Gasteiger partial charge in [0.2, 0.25) is 11.8 Å². The molecule has 0 radical (unpaired) electrons. The molecule has 0 unspecified atom stereocenters. The lowest BCUT2D eigenvalue weighted by molar-refractivity contribution is -0.128. The van der Waals surface area contributed by atoms with Crippen molar-refractivity contribution in [2.75, 3.05) is 18.4 Å². The van der Waals surface area contributed by atoms with Crippen LogP contribution in [-0.4, -0.2) is 29.8 Å². The molecule has 1 N–H and O–H groups in total. The van der Waals surface area contributed by atoms with E-state index in [1.807, 2.05) is 24.3 Å². The van der Waals surface area contributed by atoms with E-state index in [0.29, 0.717) is 13.1 Å². The van der Waals surface area contributed by atoms with Gasteiger partial charge in [-0.05, 0) is 24.1 Å². The summed E-state index contributed by atoms with van der Waals surface area (Å²) in [7, 11) is 0. The predicted octanol–water partition coefficient (Wildman–Crippen LogP) is 2.61. The number of rotatable bonds is 7. The molecular formula is C16H22N2O2. The lowest BCUT2D eigenvalue weighted by Crippen LogP contribution is -2.32. The Morgan fingerprint density at radius 2 is 1.95 bits per heavy atom. The van der Waals surface area contributed by atoms with Gasteiger partial charge in [0.05, 0.1) is 0 Å². The number of hydrogen-bond acceptors (Lipinski definition) is 2. The first-order valence-electron chi connectivity index (χ1n) is 6.82.